The molecule has 0 aromatic heterocycles. The first kappa shape index (κ1) is 17.0. The fourth-order valence-electron chi connectivity index (χ4n) is 2.80. The second-order valence-electron chi connectivity index (χ2n) is 5.32. The Bertz CT molecular complexity index is 582. The lowest BCUT2D eigenvalue weighted by Crippen LogP contribution is -2.43. The van der Waals surface area contributed by atoms with E-state index in [0.717, 1.165) is 28.6 Å². The monoisotopic (exact) mass is 369 g/mol. The number of ether oxygens (including phenoxy) is 2. The van der Waals surface area contributed by atoms with E-state index in [1.165, 1.54) is 7.11 Å². The Morgan fingerprint density at radius 2 is 1.95 bits per heavy atom. The molecular weight excluding hydrogens is 350 g/mol. The number of anilines is 1. The summed E-state index contributed by atoms with van der Waals surface area (Å²) in [5.41, 5.74) is 1.95. The van der Waals surface area contributed by atoms with Gasteiger partial charge in [0.05, 0.1) is 12.7 Å². The lowest BCUT2D eigenvalue weighted by Gasteiger charge is -2.35. The molecule has 1 amide bonds. The van der Waals surface area contributed by atoms with Gasteiger partial charge in [0.25, 0.3) is 0 Å². The number of benzene rings is 1. The number of carbonyl (C=O) groups is 2. The minimum atomic E-state index is -0.407. The number of halogens is 1. The van der Waals surface area contributed by atoms with Crippen molar-refractivity contribution < 1.29 is 19.1 Å². The van der Waals surface area contributed by atoms with Gasteiger partial charge in [0, 0.05) is 36.3 Å². The van der Waals surface area contributed by atoms with Crippen LogP contribution in [0.5, 0.6) is 0 Å². The number of hydrogen-bond acceptors (Lipinski definition) is 4. The van der Waals surface area contributed by atoms with Gasteiger partial charge in [-0.1, -0.05) is 15.9 Å². The number of rotatable bonds is 3. The lowest BCUT2D eigenvalue weighted by molar-refractivity contribution is -0.117. The molecule has 0 unspecified atom stereocenters. The van der Waals surface area contributed by atoms with E-state index in [1.807, 2.05) is 13.0 Å². The summed E-state index contributed by atoms with van der Waals surface area (Å²) >= 11 is 3.42. The summed E-state index contributed by atoms with van der Waals surface area (Å²) in [6, 6.07) is 3.68. The molecular formula is C16H20BrNO4. The van der Waals surface area contributed by atoms with Crippen molar-refractivity contribution in [2.75, 3.05) is 25.2 Å². The summed E-state index contributed by atoms with van der Waals surface area (Å²) in [7, 11) is 1.35. The third-order valence-corrected chi connectivity index (χ3v) is 4.36. The van der Waals surface area contributed by atoms with E-state index >= 15 is 0 Å². The summed E-state index contributed by atoms with van der Waals surface area (Å²) in [4.78, 5) is 25.9. The van der Waals surface area contributed by atoms with Crippen molar-refractivity contribution in [3.8, 4) is 0 Å². The van der Waals surface area contributed by atoms with Gasteiger partial charge in [-0.25, -0.2) is 4.79 Å². The molecule has 120 valence electrons. The fourth-order valence-corrected chi connectivity index (χ4v) is 3.25. The van der Waals surface area contributed by atoms with Crippen LogP contribution in [0, 0.1) is 6.92 Å². The molecule has 0 N–H and O–H groups in total. The molecule has 5 nitrogen and oxygen atoms in total. The largest absolute Gasteiger partial charge is 0.465 e. The topological polar surface area (TPSA) is 55.8 Å². The van der Waals surface area contributed by atoms with Crippen LogP contribution < -0.4 is 4.90 Å². The second-order valence-corrected chi connectivity index (χ2v) is 6.24. The predicted molar refractivity (Wildman–Crippen MR) is 87.2 cm³/mol. The van der Waals surface area contributed by atoms with E-state index in [-0.39, 0.29) is 11.9 Å². The van der Waals surface area contributed by atoms with E-state index in [4.69, 9.17) is 9.47 Å². The zero-order valence-electron chi connectivity index (χ0n) is 13.0. The SMILES string of the molecule is COC(=O)c1cc(Br)cc(N(C(C)=O)C2CCOCC2)c1C. The summed E-state index contributed by atoms with van der Waals surface area (Å²) in [5.74, 6) is -0.445. The van der Waals surface area contributed by atoms with Crippen LogP contribution in [-0.2, 0) is 14.3 Å². The highest BCUT2D eigenvalue weighted by atomic mass is 79.9. The molecule has 1 aromatic carbocycles. The zero-order chi connectivity index (χ0) is 16.3. The molecule has 1 fully saturated rings. The minimum absolute atomic E-state index is 0.0380. The van der Waals surface area contributed by atoms with Crippen molar-refractivity contribution in [1.82, 2.24) is 0 Å². The molecule has 1 heterocycles. The molecule has 0 atom stereocenters. The van der Waals surface area contributed by atoms with Gasteiger partial charge in [0.2, 0.25) is 5.91 Å². The molecule has 0 radical (unpaired) electrons. The molecule has 0 bridgehead atoms. The van der Waals surface area contributed by atoms with Crippen molar-refractivity contribution in [1.29, 1.82) is 0 Å². The third-order valence-electron chi connectivity index (χ3n) is 3.91. The molecule has 1 aliphatic heterocycles. The van der Waals surface area contributed by atoms with Gasteiger partial charge in [-0.05, 0) is 37.5 Å². The van der Waals surface area contributed by atoms with Crippen LogP contribution in [0.25, 0.3) is 0 Å². The Hall–Kier alpha value is -1.40. The average Bonchev–Trinajstić information content (AvgIpc) is 2.50. The molecule has 0 aliphatic carbocycles. The maximum Gasteiger partial charge on any atom is 0.338 e. The average molecular weight is 370 g/mol. The second kappa shape index (κ2) is 7.24. The Balaban J connectivity index is 2.49. The van der Waals surface area contributed by atoms with Crippen molar-refractivity contribution >= 4 is 33.5 Å². The molecule has 2 rings (SSSR count). The smallest absolute Gasteiger partial charge is 0.338 e. The maximum atomic E-state index is 12.2. The minimum Gasteiger partial charge on any atom is -0.465 e. The van der Waals surface area contributed by atoms with E-state index in [2.05, 4.69) is 15.9 Å². The summed E-state index contributed by atoms with van der Waals surface area (Å²) in [6.45, 7) is 4.67. The normalized spacial score (nSPS) is 15.5. The Morgan fingerprint density at radius 1 is 1.32 bits per heavy atom. The molecule has 1 aromatic rings. The van der Waals surface area contributed by atoms with Crippen LogP contribution >= 0.6 is 15.9 Å². The quantitative estimate of drug-likeness (QED) is 0.768. The first-order valence-electron chi connectivity index (χ1n) is 7.21. The van der Waals surface area contributed by atoms with Crippen LogP contribution in [0.3, 0.4) is 0 Å². The highest BCUT2D eigenvalue weighted by Gasteiger charge is 2.28. The predicted octanol–water partition coefficient (Wildman–Crippen LogP) is 3.08. The van der Waals surface area contributed by atoms with Gasteiger partial charge in [-0.2, -0.15) is 0 Å². The van der Waals surface area contributed by atoms with E-state index in [1.54, 1.807) is 17.9 Å². The highest BCUT2D eigenvalue weighted by Crippen LogP contribution is 2.32. The molecule has 1 saturated heterocycles. The van der Waals surface area contributed by atoms with Crippen LogP contribution in [0.15, 0.2) is 16.6 Å². The van der Waals surface area contributed by atoms with Crippen LogP contribution in [0.4, 0.5) is 5.69 Å². The van der Waals surface area contributed by atoms with Crippen molar-refractivity contribution in [3.05, 3.63) is 27.7 Å². The zero-order valence-corrected chi connectivity index (χ0v) is 14.6. The molecule has 0 spiro atoms. The number of esters is 1. The lowest BCUT2D eigenvalue weighted by atomic mass is 10.0. The third kappa shape index (κ3) is 3.50. The van der Waals surface area contributed by atoms with Gasteiger partial charge < -0.3 is 14.4 Å². The van der Waals surface area contributed by atoms with Crippen molar-refractivity contribution in [3.63, 3.8) is 0 Å². The first-order valence-corrected chi connectivity index (χ1v) is 8.01. The Kier molecular flexibility index (Phi) is 5.58. The summed E-state index contributed by atoms with van der Waals surface area (Å²) in [5, 5.41) is 0. The van der Waals surface area contributed by atoms with Gasteiger partial charge in [-0.15, -0.1) is 0 Å². The fraction of sp³-hybridized carbons (Fsp3) is 0.500. The number of nitrogens with zero attached hydrogens (tertiary/aromatic N) is 1. The van der Waals surface area contributed by atoms with Crippen LogP contribution in [0.2, 0.25) is 0 Å². The van der Waals surface area contributed by atoms with E-state index in [9.17, 15) is 9.59 Å². The number of methoxy groups -OCH3 is 1. The highest BCUT2D eigenvalue weighted by molar-refractivity contribution is 9.10. The van der Waals surface area contributed by atoms with Crippen molar-refractivity contribution in [2.45, 2.75) is 32.7 Å². The molecule has 22 heavy (non-hydrogen) atoms. The first-order chi connectivity index (χ1) is 10.5. The summed E-state index contributed by atoms with van der Waals surface area (Å²) < 4.78 is 10.9. The molecule has 1 aliphatic rings. The van der Waals surface area contributed by atoms with Gasteiger partial charge in [0.1, 0.15) is 0 Å². The maximum absolute atomic E-state index is 12.2. The van der Waals surface area contributed by atoms with E-state index < -0.39 is 5.97 Å². The van der Waals surface area contributed by atoms with Crippen LogP contribution in [0.1, 0.15) is 35.7 Å². The number of amides is 1. The summed E-state index contributed by atoms with van der Waals surface area (Å²) in [6.07, 6.45) is 1.58. The Labute approximate surface area is 138 Å². The van der Waals surface area contributed by atoms with Gasteiger partial charge in [-0.3, -0.25) is 4.79 Å². The molecule has 0 saturated carbocycles. The molecule has 6 heteroatoms. The number of carbonyl (C=O) groups excluding carboxylic acids is 2. The van der Waals surface area contributed by atoms with Crippen molar-refractivity contribution in [2.24, 2.45) is 0 Å². The van der Waals surface area contributed by atoms with Gasteiger partial charge >= 0.3 is 5.97 Å². The number of hydrogen-bond donors (Lipinski definition) is 0. The van der Waals surface area contributed by atoms with Gasteiger partial charge in [0.15, 0.2) is 0 Å². The van der Waals surface area contributed by atoms with Crippen LogP contribution in [-0.4, -0.2) is 38.2 Å². The standard InChI is InChI=1S/C16H20BrNO4/c1-10-14(16(20)21-3)8-12(17)9-15(10)18(11(2)19)13-4-6-22-7-5-13/h8-9,13H,4-7H2,1-3H3. The Morgan fingerprint density at radius 3 is 2.50 bits per heavy atom. The van der Waals surface area contributed by atoms with E-state index in [0.29, 0.717) is 18.8 Å².